The molecule has 3 unspecified atom stereocenters. The lowest BCUT2D eigenvalue weighted by Crippen LogP contribution is -2.61. The number of hydrogen-bond donors (Lipinski definition) is 7. The van der Waals surface area contributed by atoms with E-state index in [4.69, 9.17) is 9.47 Å². The number of allylic oxidation sites excluding steroid dienone is 1. The molecule has 13 nitrogen and oxygen atoms in total. The zero-order chi connectivity index (χ0) is 42.9. The Balaban J connectivity index is 2.58. The molecule has 0 aliphatic carbocycles. The molecule has 1 amide bonds. The van der Waals surface area contributed by atoms with E-state index in [2.05, 4.69) is 23.3 Å². The second-order valence-corrected chi connectivity index (χ2v) is 17.5. The fourth-order valence-corrected chi connectivity index (χ4v) is 7.97. The van der Waals surface area contributed by atoms with Crippen LogP contribution in [-0.4, -0.2) is 107 Å². The first-order valence-corrected chi connectivity index (χ1v) is 24.5. The summed E-state index contributed by atoms with van der Waals surface area (Å²) in [7, 11) is -5.11. The average Bonchev–Trinajstić information content (AvgIpc) is 3.19. The standard InChI is InChI=1S/C44H85NO12S/c1-3-5-7-9-11-13-15-17-18-19-21-23-25-27-29-31-33-38(48)43(51)45-36(37(47)32-30-28-26-24-22-20-16-14-12-10-8-6-4-2)35-55-44-41(50)42(57-58(52,53)54)40(49)39(34-46)56-44/h30,32,36-42,44,46-50H,3-29,31,33-35H2,1-2H3,(H,45,51)(H,52,53,54)/b32-30+/t36-,37+,38?,39+,40-,41?,42?,44+/m0/s1. The minimum absolute atomic E-state index is 0.248. The van der Waals surface area contributed by atoms with Gasteiger partial charge in [0.25, 0.3) is 0 Å². The number of unbranched alkanes of at least 4 members (excludes halogenated alkanes) is 26. The van der Waals surface area contributed by atoms with Crippen molar-refractivity contribution < 1.29 is 57.0 Å². The molecule has 0 bridgehead atoms. The zero-order valence-electron chi connectivity index (χ0n) is 36.2. The van der Waals surface area contributed by atoms with Crippen LogP contribution in [0.15, 0.2) is 12.2 Å². The van der Waals surface area contributed by atoms with Gasteiger partial charge in [-0.2, -0.15) is 8.42 Å². The van der Waals surface area contributed by atoms with E-state index in [1.807, 2.05) is 6.08 Å². The molecule has 0 spiro atoms. The molecule has 7 N–H and O–H groups in total. The summed E-state index contributed by atoms with van der Waals surface area (Å²) in [5.41, 5.74) is 0. The fraction of sp³-hybridized carbons (Fsp3) is 0.932. The largest absolute Gasteiger partial charge is 0.397 e. The third kappa shape index (κ3) is 27.6. The van der Waals surface area contributed by atoms with Crippen molar-refractivity contribution in [1.82, 2.24) is 5.32 Å². The van der Waals surface area contributed by atoms with Crippen molar-refractivity contribution in [2.24, 2.45) is 0 Å². The van der Waals surface area contributed by atoms with Gasteiger partial charge in [-0.05, 0) is 19.3 Å². The van der Waals surface area contributed by atoms with Gasteiger partial charge in [-0.3, -0.25) is 9.35 Å². The Morgan fingerprint density at radius 2 is 1.12 bits per heavy atom. The highest BCUT2D eigenvalue weighted by Gasteiger charge is 2.48. The van der Waals surface area contributed by atoms with Gasteiger partial charge in [0.05, 0.1) is 25.4 Å². The van der Waals surface area contributed by atoms with Gasteiger partial charge in [0.15, 0.2) is 6.29 Å². The number of hydrogen-bond acceptors (Lipinski definition) is 11. The highest BCUT2D eigenvalue weighted by Crippen LogP contribution is 2.26. The number of rotatable bonds is 39. The topological polar surface area (TPSA) is 212 Å². The van der Waals surface area contributed by atoms with E-state index in [0.717, 1.165) is 38.5 Å². The Morgan fingerprint density at radius 1 is 0.690 bits per heavy atom. The molecule has 0 radical (unpaired) electrons. The Bertz CT molecular complexity index is 1110. The molecular weight excluding hydrogens is 767 g/mol. The number of aliphatic hydroxyl groups excluding tert-OH is 5. The van der Waals surface area contributed by atoms with Crippen molar-refractivity contribution in [2.45, 2.75) is 249 Å². The number of amides is 1. The van der Waals surface area contributed by atoms with Crippen LogP contribution in [0.25, 0.3) is 0 Å². The molecule has 1 heterocycles. The van der Waals surface area contributed by atoms with Crippen molar-refractivity contribution in [3.8, 4) is 0 Å². The Morgan fingerprint density at radius 3 is 1.55 bits per heavy atom. The number of nitrogens with one attached hydrogen (secondary N) is 1. The van der Waals surface area contributed by atoms with E-state index in [1.54, 1.807) is 0 Å². The molecule has 0 aromatic rings. The summed E-state index contributed by atoms with van der Waals surface area (Å²) in [6, 6.07) is -1.11. The maximum absolute atomic E-state index is 13.1. The Kier molecular flexibility index (Phi) is 33.5. The maximum atomic E-state index is 13.1. The van der Waals surface area contributed by atoms with Crippen molar-refractivity contribution in [2.75, 3.05) is 13.2 Å². The van der Waals surface area contributed by atoms with Crippen LogP contribution in [0.1, 0.15) is 200 Å². The molecule has 1 aliphatic heterocycles. The number of carbonyl (C=O) groups excluding carboxylic acids is 1. The molecule has 58 heavy (non-hydrogen) atoms. The lowest BCUT2D eigenvalue weighted by Gasteiger charge is -2.41. The quantitative estimate of drug-likeness (QED) is 0.0180. The van der Waals surface area contributed by atoms with Gasteiger partial charge < -0.3 is 40.3 Å². The molecule has 0 aromatic heterocycles. The van der Waals surface area contributed by atoms with Gasteiger partial charge in [-0.15, -0.1) is 0 Å². The normalized spacial score (nSPS) is 21.7. The van der Waals surface area contributed by atoms with Crippen LogP contribution >= 0.6 is 0 Å². The summed E-state index contributed by atoms with van der Waals surface area (Å²) >= 11 is 0. The molecule has 1 rings (SSSR count). The highest BCUT2D eigenvalue weighted by molar-refractivity contribution is 7.80. The van der Waals surface area contributed by atoms with Gasteiger partial charge in [-0.1, -0.05) is 193 Å². The van der Waals surface area contributed by atoms with Crippen LogP contribution in [-0.2, 0) is 28.9 Å². The smallest absolute Gasteiger partial charge is 0.394 e. The Hall–Kier alpha value is -1.20. The lowest BCUT2D eigenvalue weighted by atomic mass is 9.99. The van der Waals surface area contributed by atoms with Crippen LogP contribution in [0.2, 0.25) is 0 Å². The third-order valence-corrected chi connectivity index (χ3v) is 11.6. The minimum atomic E-state index is -5.11. The van der Waals surface area contributed by atoms with E-state index in [-0.39, 0.29) is 6.42 Å². The van der Waals surface area contributed by atoms with Crippen LogP contribution in [0.5, 0.6) is 0 Å². The van der Waals surface area contributed by atoms with E-state index in [1.165, 1.54) is 134 Å². The van der Waals surface area contributed by atoms with Gasteiger partial charge in [0, 0.05) is 0 Å². The minimum Gasteiger partial charge on any atom is -0.394 e. The molecular formula is C44H85NO12S. The predicted molar refractivity (Wildman–Crippen MR) is 228 cm³/mol. The third-order valence-electron chi connectivity index (χ3n) is 11.2. The summed E-state index contributed by atoms with van der Waals surface area (Å²) in [4.78, 5) is 13.1. The van der Waals surface area contributed by atoms with Crippen molar-refractivity contribution in [1.29, 1.82) is 0 Å². The van der Waals surface area contributed by atoms with Crippen LogP contribution in [0.4, 0.5) is 0 Å². The second-order valence-electron chi connectivity index (χ2n) is 16.5. The van der Waals surface area contributed by atoms with Gasteiger partial charge >= 0.3 is 10.4 Å². The van der Waals surface area contributed by atoms with Crippen LogP contribution < -0.4 is 5.32 Å². The van der Waals surface area contributed by atoms with Gasteiger partial charge in [0.2, 0.25) is 5.91 Å². The first-order valence-electron chi connectivity index (χ1n) is 23.2. The van der Waals surface area contributed by atoms with E-state index >= 15 is 0 Å². The number of aliphatic hydroxyl groups is 5. The van der Waals surface area contributed by atoms with Crippen LogP contribution in [0.3, 0.4) is 0 Å². The lowest BCUT2D eigenvalue weighted by molar-refractivity contribution is -0.298. The predicted octanol–water partition coefficient (Wildman–Crippen LogP) is 7.75. The molecule has 1 aliphatic rings. The molecule has 14 heteroatoms. The van der Waals surface area contributed by atoms with Gasteiger partial charge in [-0.25, -0.2) is 4.18 Å². The molecule has 8 atom stereocenters. The molecule has 1 fully saturated rings. The average molecular weight is 852 g/mol. The fourth-order valence-electron chi connectivity index (χ4n) is 7.46. The monoisotopic (exact) mass is 852 g/mol. The van der Waals surface area contributed by atoms with E-state index < -0.39 is 78.5 Å². The van der Waals surface area contributed by atoms with Crippen molar-refractivity contribution in [3.63, 3.8) is 0 Å². The van der Waals surface area contributed by atoms with Gasteiger partial charge in [0.1, 0.15) is 30.5 Å². The summed E-state index contributed by atoms with van der Waals surface area (Å²) in [6.07, 6.45) is 25.8. The number of ether oxygens (including phenoxy) is 2. The SMILES string of the molecule is CCCCCCCCCCCCC/C=C/[C@@H](O)[C@H](CO[C@@H]1O[C@H](CO)[C@H](O)C(OS(=O)(=O)O)C1O)NC(=O)C(O)CCCCCCCCCCCCCCCCCC. The highest BCUT2D eigenvalue weighted by atomic mass is 32.3. The van der Waals surface area contributed by atoms with Crippen LogP contribution in [0, 0.1) is 0 Å². The van der Waals surface area contributed by atoms with Crippen molar-refractivity contribution in [3.05, 3.63) is 12.2 Å². The Labute approximate surface area is 352 Å². The second kappa shape index (κ2) is 35.4. The van der Waals surface area contributed by atoms with E-state index in [9.17, 15) is 43.3 Å². The first kappa shape index (κ1) is 54.8. The van der Waals surface area contributed by atoms with E-state index in [0.29, 0.717) is 12.8 Å². The molecule has 0 saturated carbocycles. The first-order chi connectivity index (χ1) is 27.9. The summed E-state index contributed by atoms with van der Waals surface area (Å²) in [5.74, 6) is -0.700. The molecule has 344 valence electrons. The molecule has 1 saturated heterocycles. The summed E-state index contributed by atoms with van der Waals surface area (Å²) in [6.45, 7) is 3.21. The number of carbonyl (C=O) groups is 1. The summed E-state index contributed by atoms with van der Waals surface area (Å²) < 4.78 is 47.5. The summed E-state index contributed by atoms with van der Waals surface area (Å²) in [5, 5.41) is 55.1. The zero-order valence-corrected chi connectivity index (χ0v) is 37.1. The molecule has 0 aromatic carbocycles. The maximum Gasteiger partial charge on any atom is 0.397 e. The van der Waals surface area contributed by atoms with Crippen molar-refractivity contribution >= 4 is 16.3 Å².